The number of anilines is 1. The lowest BCUT2D eigenvalue weighted by Gasteiger charge is -2.12. The van der Waals surface area contributed by atoms with Crippen LogP contribution >= 0.6 is 0 Å². The predicted molar refractivity (Wildman–Crippen MR) is 113 cm³/mol. The average molecular weight is 439 g/mol. The number of rotatable bonds is 8. The van der Waals surface area contributed by atoms with Crippen molar-refractivity contribution in [3.63, 3.8) is 0 Å². The molecule has 0 radical (unpaired) electrons. The highest BCUT2D eigenvalue weighted by Crippen LogP contribution is 2.38. The van der Waals surface area contributed by atoms with Crippen LogP contribution in [0, 0.1) is 0 Å². The molecule has 32 heavy (non-hydrogen) atoms. The molecule has 0 bridgehead atoms. The van der Waals surface area contributed by atoms with Crippen molar-refractivity contribution < 1.29 is 32.9 Å². The van der Waals surface area contributed by atoms with Gasteiger partial charge in [-0.25, -0.2) is 0 Å². The summed E-state index contributed by atoms with van der Waals surface area (Å²) in [5, 5.41) is 10.4. The maximum Gasteiger partial charge on any atom is 0.322 e. The van der Waals surface area contributed by atoms with Crippen molar-refractivity contribution in [1.82, 2.24) is 10.2 Å². The number of fused-ring (bicyclic) bond motifs is 1. The van der Waals surface area contributed by atoms with Gasteiger partial charge in [-0.05, 0) is 41.5 Å². The van der Waals surface area contributed by atoms with E-state index in [1.54, 1.807) is 18.2 Å². The molecule has 1 aromatic heterocycles. The van der Waals surface area contributed by atoms with Gasteiger partial charge in [0, 0.05) is 6.08 Å². The lowest BCUT2D eigenvalue weighted by atomic mass is 10.1. The van der Waals surface area contributed by atoms with Crippen LogP contribution in [0.5, 0.6) is 28.7 Å². The van der Waals surface area contributed by atoms with Gasteiger partial charge < -0.3 is 28.1 Å². The second kappa shape index (κ2) is 9.29. The van der Waals surface area contributed by atoms with Crippen molar-refractivity contribution in [1.29, 1.82) is 0 Å². The largest absolute Gasteiger partial charge is 0.493 e. The molecular formula is C22H21N3O7. The summed E-state index contributed by atoms with van der Waals surface area (Å²) in [5.74, 6) is 2.73. The molecule has 2 aromatic carbocycles. The molecule has 0 unspecified atom stereocenters. The standard InChI is InChI=1S/C22H21N3O7/c1-27-17-9-13(10-18(28-2)21(17)29-3)5-7-19(26)23-22-25-24-20(32-22)11-14-4-6-15-16(8-14)31-12-30-15/h4-10H,11-12H2,1-3H3,(H,23,25,26)/b7-5+. The number of aromatic nitrogens is 2. The molecule has 10 heteroatoms. The zero-order chi connectivity index (χ0) is 22.5. The quantitative estimate of drug-likeness (QED) is 0.529. The van der Waals surface area contributed by atoms with E-state index in [9.17, 15) is 4.79 Å². The highest BCUT2D eigenvalue weighted by molar-refractivity contribution is 6.00. The molecule has 4 rings (SSSR count). The first-order valence-corrected chi connectivity index (χ1v) is 9.59. The zero-order valence-electron chi connectivity index (χ0n) is 17.7. The molecule has 1 aliphatic rings. The van der Waals surface area contributed by atoms with Gasteiger partial charge >= 0.3 is 6.01 Å². The van der Waals surface area contributed by atoms with Gasteiger partial charge in [0.2, 0.25) is 18.4 Å². The fourth-order valence-corrected chi connectivity index (χ4v) is 3.12. The number of methoxy groups -OCH3 is 3. The number of amides is 1. The van der Waals surface area contributed by atoms with E-state index in [0.29, 0.717) is 46.6 Å². The predicted octanol–water partition coefficient (Wildman–Crippen LogP) is 3.07. The summed E-state index contributed by atoms with van der Waals surface area (Å²) in [6.07, 6.45) is 3.33. The van der Waals surface area contributed by atoms with Crippen LogP contribution in [0.25, 0.3) is 6.08 Å². The van der Waals surface area contributed by atoms with Gasteiger partial charge in [0.05, 0.1) is 27.8 Å². The van der Waals surface area contributed by atoms with Crippen LogP contribution in [-0.2, 0) is 11.2 Å². The topological polar surface area (TPSA) is 114 Å². The number of nitrogens with one attached hydrogen (secondary N) is 1. The summed E-state index contributed by atoms with van der Waals surface area (Å²) in [5.41, 5.74) is 1.60. The minimum Gasteiger partial charge on any atom is -0.493 e. The maximum atomic E-state index is 12.3. The third-order valence-corrected chi connectivity index (χ3v) is 4.60. The molecule has 1 aliphatic heterocycles. The first kappa shape index (κ1) is 21.0. The van der Waals surface area contributed by atoms with Gasteiger partial charge in [0.1, 0.15) is 0 Å². The Morgan fingerprint density at radius 1 is 1.03 bits per heavy atom. The number of hydrogen-bond acceptors (Lipinski definition) is 9. The number of carbonyl (C=O) groups excluding carboxylic acids is 1. The minimum absolute atomic E-state index is 0.000264. The molecule has 0 saturated carbocycles. The van der Waals surface area contributed by atoms with Crippen molar-refractivity contribution >= 4 is 18.0 Å². The summed E-state index contributed by atoms with van der Waals surface area (Å²) < 4.78 is 32.1. The first-order valence-electron chi connectivity index (χ1n) is 9.59. The first-order chi connectivity index (χ1) is 15.6. The van der Waals surface area contributed by atoms with Gasteiger partial charge in [-0.15, -0.1) is 5.10 Å². The van der Waals surface area contributed by atoms with Crippen LogP contribution in [0.3, 0.4) is 0 Å². The van der Waals surface area contributed by atoms with Gasteiger partial charge in [-0.3, -0.25) is 10.1 Å². The molecule has 0 aliphatic carbocycles. The van der Waals surface area contributed by atoms with Crippen LogP contribution in [0.1, 0.15) is 17.0 Å². The summed E-state index contributed by atoms with van der Waals surface area (Å²) in [7, 11) is 4.57. The van der Waals surface area contributed by atoms with E-state index in [1.165, 1.54) is 27.4 Å². The van der Waals surface area contributed by atoms with Gasteiger partial charge in [-0.1, -0.05) is 11.2 Å². The third-order valence-electron chi connectivity index (χ3n) is 4.60. The normalized spacial score (nSPS) is 12.1. The molecule has 1 N–H and O–H groups in total. The maximum absolute atomic E-state index is 12.3. The Bertz CT molecular complexity index is 1130. The van der Waals surface area contributed by atoms with Crippen molar-refractivity contribution in [3.8, 4) is 28.7 Å². The number of benzene rings is 2. The van der Waals surface area contributed by atoms with Crippen LogP contribution in [0.2, 0.25) is 0 Å². The zero-order valence-corrected chi connectivity index (χ0v) is 17.7. The van der Waals surface area contributed by atoms with Crippen LogP contribution in [0.15, 0.2) is 40.8 Å². The monoisotopic (exact) mass is 439 g/mol. The Kier molecular flexibility index (Phi) is 6.11. The molecular weight excluding hydrogens is 418 g/mol. The van der Waals surface area contributed by atoms with Crippen LogP contribution in [-0.4, -0.2) is 44.2 Å². The second-order valence-corrected chi connectivity index (χ2v) is 6.65. The summed E-state index contributed by atoms with van der Waals surface area (Å²) in [6.45, 7) is 0.207. The van der Waals surface area contributed by atoms with Crippen LogP contribution in [0.4, 0.5) is 6.01 Å². The molecule has 2 heterocycles. The second-order valence-electron chi connectivity index (χ2n) is 6.65. The van der Waals surface area contributed by atoms with Crippen molar-refractivity contribution in [2.45, 2.75) is 6.42 Å². The van der Waals surface area contributed by atoms with Crippen molar-refractivity contribution in [3.05, 3.63) is 53.4 Å². The molecule has 0 atom stereocenters. The third kappa shape index (κ3) is 4.59. The Labute approximate surface area is 183 Å². The molecule has 3 aromatic rings. The van der Waals surface area contributed by atoms with Crippen LogP contribution < -0.4 is 29.0 Å². The Balaban J connectivity index is 1.39. The van der Waals surface area contributed by atoms with E-state index in [1.807, 2.05) is 18.2 Å². The van der Waals surface area contributed by atoms with E-state index in [0.717, 1.165) is 5.56 Å². The number of ether oxygens (including phenoxy) is 5. The highest BCUT2D eigenvalue weighted by atomic mass is 16.7. The van der Waals surface area contributed by atoms with Crippen molar-refractivity contribution in [2.24, 2.45) is 0 Å². The molecule has 166 valence electrons. The van der Waals surface area contributed by atoms with E-state index < -0.39 is 5.91 Å². The fraction of sp³-hybridized carbons (Fsp3) is 0.227. The van der Waals surface area contributed by atoms with E-state index >= 15 is 0 Å². The summed E-state index contributed by atoms with van der Waals surface area (Å²) in [6, 6.07) is 9.01. The Morgan fingerprint density at radius 2 is 1.78 bits per heavy atom. The van der Waals surface area contributed by atoms with E-state index in [4.69, 9.17) is 28.1 Å². The summed E-state index contributed by atoms with van der Waals surface area (Å²) >= 11 is 0. The van der Waals surface area contributed by atoms with E-state index in [2.05, 4.69) is 15.5 Å². The molecule has 10 nitrogen and oxygen atoms in total. The molecule has 1 amide bonds. The Hall–Kier alpha value is -4.21. The smallest absolute Gasteiger partial charge is 0.322 e. The van der Waals surface area contributed by atoms with Gasteiger partial charge in [0.15, 0.2) is 23.0 Å². The molecule has 0 fully saturated rings. The molecule has 0 saturated heterocycles. The number of carbonyl (C=O) groups is 1. The number of hydrogen-bond donors (Lipinski definition) is 1. The van der Waals surface area contributed by atoms with Gasteiger partial charge in [-0.2, -0.15) is 0 Å². The minimum atomic E-state index is -0.433. The highest BCUT2D eigenvalue weighted by Gasteiger charge is 2.16. The lowest BCUT2D eigenvalue weighted by molar-refractivity contribution is -0.112. The number of nitrogens with zero attached hydrogens (tertiary/aromatic N) is 2. The SMILES string of the molecule is COc1cc(/C=C/C(=O)Nc2nnc(Cc3ccc4c(c3)OCO4)o2)cc(OC)c1OC. The van der Waals surface area contributed by atoms with E-state index in [-0.39, 0.29) is 12.8 Å². The van der Waals surface area contributed by atoms with Gasteiger partial charge in [0.25, 0.3) is 5.91 Å². The average Bonchev–Trinajstić information content (AvgIpc) is 3.45. The van der Waals surface area contributed by atoms with Crippen molar-refractivity contribution in [2.75, 3.05) is 33.4 Å². The lowest BCUT2D eigenvalue weighted by Crippen LogP contribution is -2.07. The summed E-state index contributed by atoms with van der Waals surface area (Å²) in [4.78, 5) is 12.3. The molecule has 0 spiro atoms. The fourth-order valence-electron chi connectivity index (χ4n) is 3.12. The Morgan fingerprint density at radius 3 is 2.50 bits per heavy atom.